The molecule has 0 bridgehead atoms. The van der Waals surface area contributed by atoms with Gasteiger partial charge in [0.15, 0.2) is 5.12 Å². The third-order valence-electron chi connectivity index (χ3n) is 3.47. The smallest absolute Gasteiger partial charge is 0.186 e. The Morgan fingerprint density at radius 3 is 1.95 bits per heavy atom. The van der Waals surface area contributed by atoms with Crippen molar-refractivity contribution >= 4 is 39.3 Å². The standard InChI is InChI=1S/C17H14OS/c18-17(19)10-9-16-14-7-3-1-5-12(14)11-13-6-2-4-8-15(13)16/h1-8,11H,9-10H2,(H,18,19). The summed E-state index contributed by atoms with van der Waals surface area (Å²) in [5.74, 6) is 0. The van der Waals surface area contributed by atoms with Gasteiger partial charge in [-0.1, -0.05) is 48.5 Å². The van der Waals surface area contributed by atoms with Gasteiger partial charge in [0.05, 0.1) is 0 Å². The lowest BCUT2D eigenvalue weighted by Gasteiger charge is -2.10. The van der Waals surface area contributed by atoms with Gasteiger partial charge in [-0.15, -0.1) is 12.6 Å². The number of rotatable bonds is 3. The van der Waals surface area contributed by atoms with Crippen molar-refractivity contribution in [1.29, 1.82) is 0 Å². The molecule has 0 saturated heterocycles. The minimum absolute atomic E-state index is 0.0583. The molecule has 0 aliphatic carbocycles. The van der Waals surface area contributed by atoms with Crippen LogP contribution in [0.2, 0.25) is 0 Å². The fraction of sp³-hybridized carbons (Fsp3) is 0.118. The van der Waals surface area contributed by atoms with Gasteiger partial charge in [-0.25, -0.2) is 0 Å². The monoisotopic (exact) mass is 266 g/mol. The summed E-state index contributed by atoms with van der Waals surface area (Å²) in [5, 5.41) is 4.86. The van der Waals surface area contributed by atoms with Crippen molar-refractivity contribution in [3.05, 3.63) is 60.2 Å². The van der Waals surface area contributed by atoms with Crippen LogP contribution in [0.5, 0.6) is 0 Å². The Kier molecular flexibility index (Phi) is 3.26. The second-order valence-corrected chi connectivity index (χ2v) is 5.19. The number of hydrogen-bond acceptors (Lipinski definition) is 1. The van der Waals surface area contributed by atoms with Crippen LogP contribution in [0.3, 0.4) is 0 Å². The summed E-state index contributed by atoms with van der Waals surface area (Å²) in [6.07, 6.45) is 1.21. The molecule has 0 aliphatic rings. The Hall–Kier alpha value is -1.80. The Balaban J connectivity index is 2.29. The summed E-state index contributed by atoms with van der Waals surface area (Å²) < 4.78 is 0. The van der Waals surface area contributed by atoms with Gasteiger partial charge in [0, 0.05) is 6.42 Å². The van der Waals surface area contributed by atoms with E-state index in [0.29, 0.717) is 6.42 Å². The predicted molar refractivity (Wildman–Crippen MR) is 83.8 cm³/mol. The Bertz CT molecular complexity index is 707. The highest BCUT2D eigenvalue weighted by atomic mass is 32.1. The first kappa shape index (κ1) is 12.2. The molecular weight excluding hydrogens is 252 g/mol. The third kappa shape index (κ3) is 2.36. The summed E-state index contributed by atoms with van der Waals surface area (Å²) in [4.78, 5) is 11.2. The van der Waals surface area contributed by atoms with Crippen LogP contribution in [0.15, 0.2) is 54.6 Å². The number of hydrogen-bond donors (Lipinski definition) is 1. The fourth-order valence-electron chi connectivity index (χ4n) is 2.61. The second-order valence-electron chi connectivity index (χ2n) is 4.69. The van der Waals surface area contributed by atoms with Gasteiger partial charge in [0.2, 0.25) is 0 Å². The lowest BCUT2D eigenvalue weighted by atomic mass is 9.94. The zero-order valence-electron chi connectivity index (χ0n) is 10.5. The summed E-state index contributed by atoms with van der Waals surface area (Å²) in [5.41, 5.74) is 1.25. The first-order valence-corrected chi connectivity index (χ1v) is 6.81. The first-order chi connectivity index (χ1) is 9.25. The van der Waals surface area contributed by atoms with Crippen molar-refractivity contribution in [3.63, 3.8) is 0 Å². The second kappa shape index (κ2) is 5.06. The molecule has 2 heteroatoms. The number of benzene rings is 3. The number of fused-ring (bicyclic) bond motifs is 2. The molecular formula is C17H14OS. The van der Waals surface area contributed by atoms with E-state index in [1.54, 1.807) is 0 Å². The first-order valence-electron chi connectivity index (χ1n) is 6.37. The Morgan fingerprint density at radius 1 is 0.895 bits per heavy atom. The molecule has 3 rings (SSSR count). The maximum atomic E-state index is 11.2. The van der Waals surface area contributed by atoms with Crippen LogP contribution in [0.25, 0.3) is 21.5 Å². The molecule has 0 N–H and O–H groups in total. The van der Waals surface area contributed by atoms with Crippen molar-refractivity contribution in [2.24, 2.45) is 0 Å². The molecule has 1 nitrogen and oxygen atoms in total. The van der Waals surface area contributed by atoms with Gasteiger partial charge in [-0.3, -0.25) is 4.79 Å². The van der Waals surface area contributed by atoms with Gasteiger partial charge in [0.25, 0.3) is 0 Å². The zero-order valence-corrected chi connectivity index (χ0v) is 11.4. The average Bonchev–Trinajstić information content (AvgIpc) is 2.43. The average molecular weight is 266 g/mol. The van der Waals surface area contributed by atoms with Crippen LogP contribution in [0.1, 0.15) is 12.0 Å². The van der Waals surface area contributed by atoms with Crippen molar-refractivity contribution in [1.82, 2.24) is 0 Å². The molecule has 0 fully saturated rings. The molecule has 94 valence electrons. The SMILES string of the molecule is O=C(S)CCc1c2ccccc2cc2ccccc12. The van der Waals surface area contributed by atoms with E-state index < -0.39 is 0 Å². The van der Waals surface area contributed by atoms with Crippen molar-refractivity contribution in [3.8, 4) is 0 Å². The lowest BCUT2D eigenvalue weighted by molar-refractivity contribution is -0.110. The Labute approximate surface area is 117 Å². The molecule has 0 amide bonds. The molecule has 0 unspecified atom stereocenters. The molecule has 0 spiro atoms. The Morgan fingerprint density at radius 2 is 1.42 bits per heavy atom. The van der Waals surface area contributed by atoms with Crippen LogP contribution >= 0.6 is 12.6 Å². The van der Waals surface area contributed by atoms with Crippen LogP contribution in [0, 0.1) is 0 Å². The number of thiol groups is 1. The van der Waals surface area contributed by atoms with Crippen LogP contribution in [0.4, 0.5) is 0 Å². The summed E-state index contributed by atoms with van der Waals surface area (Å²) in [6.45, 7) is 0. The lowest BCUT2D eigenvalue weighted by Crippen LogP contribution is -1.94. The largest absolute Gasteiger partial charge is 0.287 e. The van der Waals surface area contributed by atoms with Crippen molar-refractivity contribution < 1.29 is 4.79 Å². The predicted octanol–water partition coefficient (Wildman–Crippen LogP) is 4.38. The minimum atomic E-state index is -0.0583. The van der Waals surface area contributed by atoms with E-state index in [2.05, 4.69) is 43.0 Å². The minimum Gasteiger partial charge on any atom is -0.287 e. The topological polar surface area (TPSA) is 17.1 Å². The number of aryl methyl sites for hydroxylation is 1. The highest BCUT2D eigenvalue weighted by molar-refractivity contribution is 7.96. The third-order valence-corrected chi connectivity index (χ3v) is 3.70. The molecule has 0 saturated carbocycles. The molecule has 0 aromatic heterocycles. The maximum Gasteiger partial charge on any atom is 0.186 e. The highest BCUT2D eigenvalue weighted by Crippen LogP contribution is 2.29. The number of carbonyl (C=O) groups is 1. The molecule has 0 heterocycles. The van der Waals surface area contributed by atoms with Gasteiger partial charge < -0.3 is 0 Å². The van der Waals surface area contributed by atoms with Gasteiger partial charge in [-0.05, 0) is 39.6 Å². The summed E-state index contributed by atoms with van der Waals surface area (Å²) in [7, 11) is 0. The van der Waals surface area contributed by atoms with E-state index in [1.165, 1.54) is 27.1 Å². The molecule has 3 aromatic rings. The molecule has 0 aliphatic heterocycles. The summed E-state index contributed by atoms with van der Waals surface area (Å²) in [6, 6.07) is 18.9. The molecule has 19 heavy (non-hydrogen) atoms. The van der Waals surface area contributed by atoms with E-state index in [1.807, 2.05) is 24.3 Å². The van der Waals surface area contributed by atoms with E-state index in [4.69, 9.17) is 0 Å². The molecule has 0 atom stereocenters. The highest BCUT2D eigenvalue weighted by Gasteiger charge is 2.08. The van der Waals surface area contributed by atoms with E-state index in [9.17, 15) is 4.79 Å². The van der Waals surface area contributed by atoms with Gasteiger partial charge >= 0.3 is 0 Å². The van der Waals surface area contributed by atoms with Crippen LogP contribution in [-0.4, -0.2) is 5.12 Å². The molecule has 0 radical (unpaired) electrons. The van der Waals surface area contributed by atoms with E-state index >= 15 is 0 Å². The van der Waals surface area contributed by atoms with Crippen molar-refractivity contribution in [2.45, 2.75) is 12.8 Å². The molecule has 3 aromatic carbocycles. The van der Waals surface area contributed by atoms with Crippen LogP contribution < -0.4 is 0 Å². The van der Waals surface area contributed by atoms with Gasteiger partial charge in [-0.2, -0.15) is 0 Å². The van der Waals surface area contributed by atoms with E-state index in [-0.39, 0.29) is 5.12 Å². The quantitative estimate of drug-likeness (QED) is 0.550. The zero-order chi connectivity index (χ0) is 13.2. The van der Waals surface area contributed by atoms with E-state index in [0.717, 1.165) is 6.42 Å². The normalized spacial score (nSPS) is 11.0. The fourth-order valence-corrected chi connectivity index (χ4v) is 2.72. The van der Waals surface area contributed by atoms with Crippen LogP contribution in [-0.2, 0) is 11.2 Å². The van der Waals surface area contributed by atoms with Crippen molar-refractivity contribution in [2.75, 3.05) is 0 Å². The van der Waals surface area contributed by atoms with Gasteiger partial charge in [0.1, 0.15) is 0 Å². The number of carbonyl (C=O) groups excluding carboxylic acids is 1. The maximum absolute atomic E-state index is 11.2. The summed E-state index contributed by atoms with van der Waals surface area (Å²) >= 11 is 3.88.